The second-order valence-electron chi connectivity index (χ2n) is 7.49. The maximum absolute atomic E-state index is 12.3. The quantitative estimate of drug-likeness (QED) is 0.737. The van der Waals surface area contributed by atoms with Gasteiger partial charge in [0.1, 0.15) is 5.75 Å². The molecule has 0 radical (unpaired) electrons. The van der Waals surface area contributed by atoms with Crippen LogP contribution in [0.15, 0.2) is 18.2 Å². The number of benzene rings is 1. The van der Waals surface area contributed by atoms with Gasteiger partial charge in [0, 0.05) is 30.4 Å². The van der Waals surface area contributed by atoms with Gasteiger partial charge in [-0.15, -0.1) is 0 Å². The molecule has 5 nitrogen and oxygen atoms in total. The molecule has 2 fully saturated rings. The van der Waals surface area contributed by atoms with Gasteiger partial charge in [0.05, 0.1) is 6.61 Å². The standard InChI is InChI=1S/C20H31N3O2/c1-4-5-10-25-18-8-9-19(14(2)11-18)22-20(24)21-16-12-15(3)23(13-16)17-6-7-17/h8-9,11,15-17H,4-7,10,12-13H2,1-3H3,(H2,21,22,24)/t15-,16+/m0/s1. The van der Waals surface area contributed by atoms with Crippen molar-refractivity contribution in [1.29, 1.82) is 0 Å². The SMILES string of the molecule is CCCCOc1ccc(NC(=O)N[C@@H]2C[C@H](C)N(C3CC3)C2)c(C)c1. The summed E-state index contributed by atoms with van der Waals surface area (Å²) in [5, 5.41) is 6.11. The van der Waals surface area contributed by atoms with Crippen molar-refractivity contribution in [2.75, 3.05) is 18.5 Å². The average Bonchev–Trinajstić information content (AvgIpc) is 3.34. The van der Waals surface area contributed by atoms with Gasteiger partial charge in [0.25, 0.3) is 0 Å². The Morgan fingerprint density at radius 3 is 2.84 bits per heavy atom. The van der Waals surface area contributed by atoms with Crippen molar-refractivity contribution in [1.82, 2.24) is 10.2 Å². The smallest absolute Gasteiger partial charge is 0.319 e. The first-order valence-corrected chi connectivity index (χ1v) is 9.63. The number of carbonyl (C=O) groups excluding carboxylic acids is 1. The Bertz CT molecular complexity index is 601. The van der Waals surface area contributed by atoms with Crippen molar-refractivity contribution >= 4 is 11.7 Å². The van der Waals surface area contributed by atoms with Crippen LogP contribution in [0.3, 0.4) is 0 Å². The summed E-state index contributed by atoms with van der Waals surface area (Å²) in [6.45, 7) is 8.12. The maximum Gasteiger partial charge on any atom is 0.319 e. The monoisotopic (exact) mass is 345 g/mol. The van der Waals surface area contributed by atoms with E-state index >= 15 is 0 Å². The molecule has 1 aliphatic carbocycles. The van der Waals surface area contributed by atoms with E-state index in [1.165, 1.54) is 12.8 Å². The van der Waals surface area contributed by atoms with Crippen molar-refractivity contribution in [2.24, 2.45) is 0 Å². The summed E-state index contributed by atoms with van der Waals surface area (Å²) in [7, 11) is 0. The first-order chi connectivity index (χ1) is 12.1. The summed E-state index contributed by atoms with van der Waals surface area (Å²) in [6.07, 6.45) is 5.84. The van der Waals surface area contributed by atoms with Gasteiger partial charge in [-0.2, -0.15) is 0 Å². The first kappa shape index (κ1) is 18.1. The van der Waals surface area contributed by atoms with Gasteiger partial charge in [-0.1, -0.05) is 13.3 Å². The van der Waals surface area contributed by atoms with Crippen LogP contribution in [0.25, 0.3) is 0 Å². The van der Waals surface area contributed by atoms with E-state index in [9.17, 15) is 4.79 Å². The van der Waals surface area contributed by atoms with E-state index in [-0.39, 0.29) is 12.1 Å². The Labute approximate surface area is 151 Å². The molecule has 2 amide bonds. The zero-order valence-electron chi connectivity index (χ0n) is 15.7. The van der Waals surface area contributed by atoms with E-state index in [1.54, 1.807) is 0 Å². The number of hydrogen-bond donors (Lipinski definition) is 2. The second kappa shape index (κ2) is 8.09. The number of nitrogens with zero attached hydrogens (tertiary/aromatic N) is 1. The fraction of sp³-hybridized carbons (Fsp3) is 0.650. The summed E-state index contributed by atoms with van der Waals surface area (Å²) in [5.74, 6) is 0.863. The molecule has 2 aliphatic rings. The molecule has 0 unspecified atom stereocenters. The van der Waals surface area contributed by atoms with Crippen LogP contribution in [0.1, 0.15) is 51.5 Å². The third-order valence-electron chi connectivity index (χ3n) is 5.19. The Hall–Kier alpha value is -1.75. The summed E-state index contributed by atoms with van der Waals surface area (Å²) >= 11 is 0. The van der Waals surface area contributed by atoms with E-state index in [1.807, 2.05) is 25.1 Å². The van der Waals surface area contributed by atoms with Gasteiger partial charge in [-0.05, 0) is 63.3 Å². The lowest BCUT2D eigenvalue weighted by Gasteiger charge is -2.19. The van der Waals surface area contributed by atoms with Crippen LogP contribution in [-0.4, -0.2) is 42.2 Å². The minimum Gasteiger partial charge on any atom is -0.494 e. The van der Waals surface area contributed by atoms with Crippen molar-refractivity contribution in [3.8, 4) is 5.75 Å². The molecule has 1 saturated heterocycles. The largest absolute Gasteiger partial charge is 0.494 e. The van der Waals surface area contributed by atoms with Crippen LogP contribution < -0.4 is 15.4 Å². The Balaban J connectivity index is 1.49. The number of ether oxygens (including phenoxy) is 1. The number of rotatable bonds is 7. The molecule has 0 spiro atoms. The van der Waals surface area contributed by atoms with E-state index < -0.39 is 0 Å². The Morgan fingerprint density at radius 2 is 2.16 bits per heavy atom. The second-order valence-corrected chi connectivity index (χ2v) is 7.49. The molecule has 1 aliphatic heterocycles. The van der Waals surface area contributed by atoms with Crippen LogP contribution >= 0.6 is 0 Å². The molecule has 2 atom stereocenters. The predicted molar refractivity (Wildman–Crippen MR) is 101 cm³/mol. The van der Waals surface area contributed by atoms with Crippen LogP contribution in [0.4, 0.5) is 10.5 Å². The molecular formula is C20H31N3O2. The molecule has 1 aromatic rings. The van der Waals surface area contributed by atoms with Crippen molar-refractivity contribution in [2.45, 2.75) is 71.0 Å². The molecule has 0 bridgehead atoms. The van der Waals surface area contributed by atoms with Crippen molar-refractivity contribution < 1.29 is 9.53 Å². The van der Waals surface area contributed by atoms with Crippen LogP contribution in [0.2, 0.25) is 0 Å². The van der Waals surface area contributed by atoms with Crippen molar-refractivity contribution in [3.63, 3.8) is 0 Å². The number of anilines is 1. The molecular weight excluding hydrogens is 314 g/mol. The van der Waals surface area contributed by atoms with Crippen LogP contribution in [0, 0.1) is 6.92 Å². The normalized spacial score (nSPS) is 23.5. The van der Waals surface area contributed by atoms with Gasteiger partial charge in [-0.25, -0.2) is 4.79 Å². The molecule has 2 N–H and O–H groups in total. The minimum atomic E-state index is -0.113. The Kier molecular flexibility index (Phi) is 5.84. The third kappa shape index (κ3) is 4.88. The fourth-order valence-electron chi connectivity index (χ4n) is 3.62. The van der Waals surface area contributed by atoms with E-state index in [2.05, 4.69) is 29.4 Å². The molecule has 138 valence electrons. The molecule has 0 aromatic heterocycles. The third-order valence-corrected chi connectivity index (χ3v) is 5.19. The maximum atomic E-state index is 12.3. The lowest BCUT2D eigenvalue weighted by atomic mass is 10.2. The van der Waals surface area contributed by atoms with Gasteiger partial charge >= 0.3 is 6.03 Å². The highest BCUT2D eigenvalue weighted by Crippen LogP contribution is 2.33. The highest BCUT2D eigenvalue weighted by molar-refractivity contribution is 5.90. The lowest BCUT2D eigenvalue weighted by Crippen LogP contribution is -2.40. The van der Waals surface area contributed by atoms with Crippen LogP contribution in [0.5, 0.6) is 5.75 Å². The zero-order chi connectivity index (χ0) is 17.8. The van der Waals surface area contributed by atoms with E-state index in [4.69, 9.17) is 4.74 Å². The number of urea groups is 1. The number of carbonyl (C=O) groups is 1. The minimum absolute atomic E-state index is 0.113. The highest BCUT2D eigenvalue weighted by Gasteiger charge is 2.39. The Morgan fingerprint density at radius 1 is 1.36 bits per heavy atom. The molecule has 25 heavy (non-hydrogen) atoms. The number of hydrogen-bond acceptors (Lipinski definition) is 3. The first-order valence-electron chi connectivity index (χ1n) is 9.63. The number of likely N-dealkylation sites (tertiary alicyclic amines) is 1. The lowest BCUT2D eigenvalue weighted by molar-refractivity contribution is 0.243. The molecule has 1 saturated carbocycles. The summed E-state index contributed by atoms with van der Waals surface area (Å²) < 4.78 is 5.71. The summed E-state index contributed by atoms with van der Waals surface area (Å²) in [4.78, 5) is 14.9. The molecule has 3 rings (SSSR count). The summed E-state index contributed by atoms with van der Waals surface area (Å²) in [6, 6.07) is 7.28. The zero-order valence-corrected chi connectivity index (χ0v) is 15.7. The number of amides is 2. The van der Waals surface area contributed by atoms with E-state index in [0.29, 0.717) is 6.04 Å². The van der Waals surface area contributed by atoms with Gasteiger partial charge < -0.3 is 15.4 Å². The number of unbranched alkanes of at least 4 members (excludes halogenated alkanes) is 1. The highest BCUT2D eigenvalue weighted by atomic mass is 16.5. The summed E-state index contributed by atoms with van der Waals surface area (Å²) in [5.41, 5.74) is 1.86. The average molecular weight is 345 g/mol. The predicted octanol–water partition coefficient (Wildman–Crippen LogP) is 3.92. The van der Waals surface area contributed by atoms with E-state index in [0.717, 1.165) is 55.5 Å². The molecule has 5 heteroatoms. The van der Waals surface area contributed by atoms with Gasteiger partial charge in [-0.3, -0.25) is 4.90 Å². The topological polar surface area (TPSA) is 53.6 Å². The fourth-order valence-corrected chi connectivity index (χ4v) is 3.62. The molecule has 1 aromatic carbocycles. The van der Waals surface area contributed by atoms with Gasteiger partial charge in [0.2, 0.25) is 0 Å². The molecule has 1 heterocycles. The van der Waals surface area contributed by atoms with Crippen molar-refractivity contribution in [3.05, 3.63) is 23.8 Å². The van der Waals surface area contributed by atoms with Crippen LogP contribution in [-0.2, 0) is 0 Å². The number of nitrogens with one attached hydrogen (secondary N) is 2. The van der Waals surface area contributed by atoms with Gasteiger partial charge in [0.15, 0.2) is 0 Å². The number of aryl methyl sites for hydroxylation is 1.